The van der Waals surface area contributed by atoms with Crippen molar-refractivity contribution in [2.75, 3.05) is 20.1 Å². The van der Waals surface area contributed by atoms with E-state index in [9.17, 15) is 14.3 Å². The quantitative estimate of drug-likeness (QED) is 0.912. The summed E-state index contributed by atoms with van der Waals surface area (Å²) in [4.78, 5) is 16.0. The Hall–Kier alpha value is -2.18. The van der Waals surface area contributed by atoms with Crippen LogP contribution in [0.5, 0.6) is 0 Å². The molecular formula is C18H21FN2O3. The Morgan fingerprint density at radius 3 is 2.79 bits per heavy atom. The molecule has 6 heteroatoms. The van der Waals surface area contributed by atoms with Gasteiger partial charge in [-0.1, -0.05) is 12.1 Å². The zero-order valence-electron chi connectivity index (χ0n) is 13.6. The molecular weight excluding hydrogens is 311 g/mol. The van der Waals surface area contributed by atoms with Gasteiger partial charge in [0.1, 0.15) is 11.6 Å². The molecule has 0 aliphatic carbocycles. The Kier molecular flexibility index (Phi) is 4.97. The summed E-state index contributed by atoms with van der Waals surface area (Å²) in [7, 11) is 1.73. The molecule has 0 spiro atoms. The number of hydrogen-bond donors (Lipinski definition) is 1. The molecule has 1 N–H and O–H groups in total. The summed E-state index contributed by atoms with van der Waals surface area (Å²) >= 11 is 0. The molecule has 1 saturated heterocycles. The van der Waals surface area contributed by atoms with Gasteiger partial charge in [-0.05, 0) is 36.2 Å². The van der Waals surface area contributed by atoms with Crippen molar-refractivity contribution < 1.29 is 18.7 Å². The van der Waals surface area contributed by atoms with E-state index < -0.39 is 6.10 Å². The number of likely N-dealkylation sites (N-methyl/N-ethyl adjacent to an activating group) is 1. The Morgan fingerprint density at radius 1 is 1.38 bits per heavy atom. The number of furan rings is 1. The normalized spacial score (nSPS) is 21.1. The van der Waals surface area contributed by atoms with Crippen molar-refractivity contribution >= 4 is 5.91 Å². The number of nitrogens with zero attached hydrogens (tertiary/aromatic N) is 2. The first-order valence-electron chi connectivity index (χ1n) is 7.97. The Morgan fingerprint density at radius 2 is 2.12 bits per heavy atom. The lowest BCUT2D eigenvalue weighted by Gasteiger charge is -2.26. The van der Waals surface area contributed by atoms with Crippen molar-refractivity contribution in [2.45, 2.75) is 25.1 Å². The molecule has 2 aromatic rings. The van der Waals surface area contributed by atoms with Crippen LogP contribution in [0.3, 0.4) is 0 Å². The minimum absolute atomic E-state index is 0.0485. The highest BCUT2D eigenvalue weighted by Gasteiger charge is 2.33. The summed E-state index contributed by atoms with van der Waals surface area (Å²) < 4.78 is 18.4. The van der Waals surface area contributed by atoms with Crippen LogP contribution in [0.4, 0.5) is 4.39 Å². The van der Waals surface area contributed by atoms with E-state index in [1.165, 1.54) is 12.1 Å². The number of benzene rings is 1. The second kappa shape index (κ2) is 7.15. The smallest absolute Gasteiger partial charge is 0.236 e. The van der Waals surface area contributed by atoms with Crippen LogP contribution in [-0.4, -0.2) is 47.1 Å². The van der Waals surface area contributed by atoms with Gasteiger partial charge in [0.05, 0.1) is 25.5 Å². The van der Waals surface area contributed by atoms with Crippen LogP contribution in [0.1, 0.15) is 23.8 Å². The van der Waals surface area contributed by atoms with E-state index in [0.29, 0.717) is 19.5 Å². The molecule has 1 aliphatic rings. The SMILES string of the molecule is CN(Cc1ccco1)C(=O)CN1C[C@@H](O)C[C@@H]1c1ccc(F)cc1. The maximum Gasteiger partial charge on any atom is 0.236 e. The summed E-state index contributed by atoms with van der Waals surface area (Å²) in [5.74, 6) is 0.383. The maximum absolute atomic E-state index is 13.1. The number of aliphatic hydroxyl groups is 1. The van der Waals surface area contributed by atoms with Crippen molar-refractivity contribution in [3.05, 3.63) is 59.8 Å². The molecule has 0 bridgehead atoms. The highest BCUT2D eigenvalue weighted by atomic mass is 19.1. The highest BCUT2D eigenvalue weighted by molar-refractivity contribution is 5.78. The second-order valence-electron chi connectivity index (χ2n) is 6.22. The number of hydrogen-bond acceptors (Lipinski definition) is 4. The monoisotopic (exact) mass is 332 g/mol. The second-order valence-corrected chi connectivity index (χ2v) is 6.22. The molecule has 1 aromatic heterocycles. The predicted octanol–water partition coefficient (Wildman–Crippen LogP) is 2.19. The van der Waals surface area contributed by atoms with Gasteiger partial charge in [-0.2, -0.15) is 0 Å². The van der Waals surface area contributed by atoms with Crippen LogP contribution in [0, 0.1) is 5.82 Å². The van der Waals surface area contributed by atoms with E-state index in [2.05, 4.69) is 0 Å². The van der Waals surface area contributed by atoms with E-state index in [4.69, 9.17) is 4.42 Å². The third-order valence-electron chi connectivity index (χ3n) is 4.37. The fourth-order valence-electron chi connectivity index (χ4n) is 3.10. The first-order chi connectivity index (χ1) is 11.5. The Bertz CT molecular complexity index is 672. The van der Waals surface area contributed by atoms with Gasteiger partial charge in [0.25, 0.3) is 0 Å². The molecule has 5 nitrogen and oxygen atoms in total. The average Bonchev–Trinajstić information content (AvgIpc) is 3.18. The van der Waals surface area contributed by atoms with Crippen LogP contribution in [0.15, 0.2) is 47.1 Å². The molecule has 1 aromatic carbocycles. The Labute approximate surface area is 140 Å². The number of carbonyl (C=O) groups is 1. The van der Waals surface area contributed by atoms with Crippen LogP contribution in [0.2, 0.25) is 0 Å². The summed E-state index contributed by atoms with van der Waals surface area (Å²) in [5.41, 5.74) is 0.912. The van der Waals surface area contributed by atoms with E-state index >= 15 is 0 Å². The number of β-amino-alcohol motifs (C(OH)–C–C–N with tert-alkyl or cyclic N) is 1. The number of carbonyl (C=O) groups excluding carboxylic acids is 1. The predicted molar refractivity (Wildman–Crippen MR) is 86.5 cm³/mol. The first-order valence-corrected chi connectivity index (χ1v) is 7.97. The minimum atomic E-state index is -0.483. The molecule has 2 atom stereocenters. The molecule has 128 valence electrons. The standard InChI is InChI=1S/C18H21FN2O3/c1-20(11-16-3-2-8-24-16)18(23)12-21-10-15(22)9-17(21)13-4-6-14(19)7-5-13/h2-8,15,17,22H,9-12H2,1H3/t15-,17+/m0/s1. The first kappa shape index (κ1) is 16.7. The van der Waals surface area contributed by atoms with Crippen molar-refractivity contribution in [1.29, 1.82) is 0 Å². The molecule has 0 radical (unpaired) electrons. The number of rotatable bonds is 5. The molecule has 1 fully saturated rings. The van der Waals surface area contributed by atoms with Crippen molar-refractivity contribution in [1.82, 2.24) is 9.80 Å². The third-order valence-corrected chi connectivity index (χ3v) is 4.37. The van der Waals surface area contributed by atoms with Gasteiger partial charge in [0.2, 0.25) is 5.91 Å². The third kappa shape index (κ3) is 3.83. The molecule has 0 unspecified atom stereocenters. The molecule has 1 amide bonds. The lowest BCUT2D eigenvalue weighted by molar-refractivity contribution is -0.132. The largest absolute Gasteiger partial charge is 0.467 e. The number of aliphatic hydroxyl groups excluding tert-OH is 1. The summed E-state index contributed by atoms with van der Waals surface area (Å²) in [6, 6.07) is 9.76. The van der Waals surface area contributed by atoms with Gasteiger partial charge in [-0.15, -0.1) is 0 Å². The highest BCUT2D eigenvalue weighted by Crippen LogP contribution is 2.32. The maximum atomic E-state index is 13.1. The number of halogens is 1. The van der Waals surface area contributed by atoms with E-state index in [0.717, 1.165) is 11.3 Å². The fraction of sp³-hybridized carbons (Fsp3) is 0.389. The van der Waals surface area contributed by atoms with Gasteiger partial charge < -0.3 is 14.4 Å². The van der Waals surface area contributed by atoms with Gasteiger partial charge in [-0.25, -0.2) is 4.39 Å². The van der Waals surface area contributed by atoms with Crippen molar-refractivity contribution in [3.8, 4) is 0 Å². The zero-order chi connectivity index (χ0) is 17.1. The Balaban J connectivity index is 1.65. The van der Waals surface area contributed by atoms with Crippen LogP contribution in [0.25, 0.3) is 0 Å². The summed E-state index contributed by atoms with van der Waals surface area (Å²) in [5, 5.41) is 9.99. The molecule has 24 heavy (non-hydrogen) atoms. The van der Waals surface area contributed by atoms with Crippen molar-refractivity contribution in [3.63, 3.8) is 0 Å². The van der Waals surface area contributed by atoms with Crippen molar-refractivity contribution in [2.24, 2.45) is 0 Å². The molecule has 1 aliphatic heterocycles. The minimum Gasteiger partial charge on any atom is -0.467 e. The van der Waals surface area contributed by atoms with Gasteiger partial charge in [0.15, 0.2) is 0 Å². The van der Waals surface area contributed by atoms with Crippen LogP contribution < -0.4 is 0 Å². The number of amides is 1. The number of likely N-dealkylation sites (tertiary alicyclic amines) is 1. The van der Waals surface area contributed by atoms with E-state index in [1.807, 2.05) is 11.0 Å². The van der Waals surface area contributed by atoms with Gasteiger partial charge >= 0.3 is 0 Å². The molecule has 2 heterocycles. The van der Waals surface area contributed by atoms with Crippen LogP contribution >= 0.6 is 0 Å². The zero-order valence-corrected chi connectivity index (χ0v) is 13.6. The average molecular weight is 332 g/mol. The lowest BCUT2D eigenvalue weighted by Crippen LogP contribution is -2.38. The van der Waals surface area contributed by atoms with Gasteiger partial charge in [0, 0.05) is 19.6 Å². The fourth-order valence-corrected chi connectivity index (χ4v) is 3.10. The van der Waals surface area contributed by atoms with Crippen LogP contribution in [-0.2, 0) is 11.3 Å². The van der Waals surface area contributed by atoms with E-state index in [-0.39, 0.29) is 24.3 Å². The summed E-state index contributed by atoms with van der Waals surface area (Å²) in [6.45, 7) is 1.04. The molecule has 3 rings (SSSR count). The molecule has 0 saturated carbocycles. The van der Waals surface area contributed by atoms with E-state index in [1.54, 1.807) is 36.4 Å². The summed E-state index contributed by atoms with van der Waals surface area (Å²) in [6.07, 6.45) is 1.64. The van der Waals surface area contributed by atoms with Gasteiger partial charge in [-0.3, -0.25) is 9.69 Å². The lowest BCUT2D eigenvalue weighted by atomic mass is 10.0. The topological polar surface area (TPSA) is 56.9 Å².